The average molecular weight is 597 g/mol. The second kappa shape index (κ2) is 15.0. The van der Waals surface area contributed by atoms with E-state index in [0.29, 0.717) is 22.5 Å². The molecule has 0 fully saturated rings. The highest BCUT2D eigenvalue weighted by atomic mass is 32.2. The molecule has 0 saturated carbocycles. The molecule has 0 bridgehead atoms. The Balaban J connectivity index is 1.95. The first kappa shape index (κ1) is 32.9. The second-order valence-corrected chi connectivity index (χ2v) is 11.9. The van der Waals surface area contributed by atoms with E-state index >= 15 is 0 Å². The summed E-state index contributed by atoms with van der Waals surface area (Å²) in [5.41, 5.74) is 3.57. The number of anilines is 2. The molecule has 226 valence electrons. The number of rotatable bonds is 14. The van der Waals surface area contributed by atoms with Gasteiger partial charge in [0.05, 0.1) is 27.6 Å². The van der Waals surface area contributed by atoms with Crippen molar-refractivity contribution >= 4 is 39.8 Å². The minimum Gasteiger partial charge on any atom is -0.378 e. The number of hydrogen-bond donors (Lipinski definition) is 1. The summed E-state index contributed by atoms with van der Waals surface area (Å²) in [5, 5.41) is 4.87. The summed E-state index contributed by atoms with van der Waals surface area (Å²) in [6.45, 7) is 12.8. The maximum atomic E-state index is 13.9. The molecule has 1 N–H and O–H groups in total. The molecule has 0 saturated heterocycles. The number of nitrogens with one attached hydrogen (secondary N) is 1. The quantitative estimate of drug-likeness (QED) is 0.153. The summed E-state index contributed by atoms with van der Waals surface area (Å²) < 4.78 is 41.6. The lowest BCUT2D eigenvalue weighted by atomic mass is 9.97. The van der Waals surface area contributed by atoms with Crippen LogP contribution in [0.5, 0.6) is 0 Å². The molecule has 2 atom stereocenters. The Morgan fingerprint density at radius 3 is 2.60 bits per heavy atom. The highest BCUT2D eigenvalue weighted by Crippen LogP contribution is 2.31. The number of aryl methyl sites for hydroxylation is 1. The van der Waals surface area contributed by atoms with E-state index in [0.717, 1.165) is 54.3 Å². The van der Waals surface area contributed by atoms with Crippen LogP contribution in [0.3, 0.4) is 0 Å². The fourth-order valence-electron chi connectivity index (χ4n) is 5.25. The van der Waals surface area contributed by atoms with Gasteiger partial charge in [-0.3, -0.25) is 18.6 Å². The lowest BCUT2D eigenvalue weighted by Gasteiger charge is -2.27. The van der Waals surface area contributed by atoms with Crippen molar-refractivity contribution in [3.63, 3.8) is 0 Å². The van der Waals surface area contributed by atoms with E-state index in [1.54, 1.807) is 17.7 Å². The molecule has 0 aliphatic heterocycles. The number of nitrogens with zero attached hydrogens (tertiary/aromatic N) is 3. The smallest absolute Gasteiger partial charge is 0.259 e. The SMILES string of the molecule is C=N/C=C(/F)CC=C(CC)CCCN(CC)c1cc2c([C@@H](C)Nc3ccc(F)cc3S(C)=O)cc(C)cc2c(=O)n1C. The van der Waals surface area contributed by atoms with E-state index in [2.05, 4.69) is 47.9 Å². The number of fused-ring (bicyclic) bond motifs is 1. The van der Waals surface area contributed by atoms with Gasteiger partial charge in [-0.15, -0.1) is 0 Å². The Labute approximate surface area is 250 Å². The van der Waals surface area contributed by atoms with Crippen molar-refractivity contribution in [1.82, 2.24) is 4.57 Å². The van der Waals surface area contributed by atoms with E-state index in [9.17, 15) is 17.8 Å². The third kappa shape index (κ3) is 8.03. The fourth-order valence-corrected chi connectivity index (χ4v) is 5.96. The Morgan fingerprint density at radius 1 is 1.21 bits per heavy atom. The van der Waals surface area contributed by atoms with Crippen LogP contribution in [0.4, 0.5) is 20.3 Å². The minimum absolute atomic E-state index is 0.0810. The van der Waals surface area contributed by atoms with E-state index < -0.39 is 16.6 Å². The number of aliphatic imine (C=N–C) groups is 1. The van der Waals surface area contributed by atoms with Gasteiger partial charge in [0.15, 0.2) is 0 Å². The first-order chi connectivity index (χ1) is 20.0. The van der Waals surface area contributed by atoms with E-state index in [-0.39, 0.29) is 23.8 Å². The second-order valence-electron chi connectivity index (χ2n) is 10.5. The monoisotopic (exact) mass is 596 g/mol. The van der Waals surface area contributed by atoms with Crippen molar-refractivity contribution in [1.29, 1.82) is 0 Å². The van der Waals surface area contributed by atoms with Gasteiger partial charge in [-0.1, -0.05) is 24.6 Å². The summed E-state index contributed by atoms with van der Waals surface area (Å²) >= 11 is 0. The lowest BCUT2D eigenvalue weighted by molar-refractivity contribution is 0.612. The van der Waals surface area contributed by atoms with Gasteiger partial charge in [0.2, 0.25) is 0 Å². The Bertz CT molecular complexity index is 1580. The number of aromatic nitrogens is 1. The van der Waals surface area contributed by atoms with Crippen molar-refractivity contribution in [3.8, 4) is 0 Å². The third-order valence-electron chi connectivity index (χ3n) is 7.50. The zero-order chi connectivity index (χ0) is 31.0. The van der Waals surface area contributed by atoms with E-state index in [4.69, 9.17) is 0 Å². The van der Waals surface area contributed by atoms with Gasteiger partial charge in [0.1, 0.15) is 17.5 Å². The van der Waals surface area contributed by atoms with Gasteiger partial charge < -0.3 is 10.2 Å². The maximum absolute atomic E-state index is 13.9. The van der Waals surface area contributed by atoms with Gasteiger partial charge >= 0.3 is 0 Å². The number of hydrogen-bond acceptors (Lipinski definition) is 5. The lowest BCUT2D eigenvalue weighted by Crippen LogP contribution is -2.31. The number of halogens is 2. The molecule has 0 spiro atoms. The molecular weight excluding hydrogens is 554 g/mol. The summed E-state index contributed by atoms with van der Waals surface area (Å²) in [4.78, 5) is 19.7. The largest absolute Gasteiger partial charge is 0.378 e. The van der Waals surface area contributed by atoms with Crippen LogP contribution in [0.25, 0.3) is 10.8 Å². The minimum atomic E-state index is -1.38. The Kier molecular flexibility index (Phi) is 11.8. The zero-order valence-electron chi connectivity index (χ0n) is 25.5. The summed E-state index contributed by atoms with van der Waals surface area (Å²) in [6, 6.07) is 10.0. The number of allylic oxidation sites excluding steroid dienone is 3. The highest BCUT2D eigenvalue weighted by molar-refractivity contribution is 7.84. The van der Waals surface area contributed by atoms with Gasteiger partial charge in [-0.05, 0) is 93.6 Å². The predicted molar refractivity (Wildman–Crippen MR) is 174 cm³/mol. The summed E-state index contributed by atoms with van der Waals surface area (Å²) in [6.07, 6.45) is 7.31. The van der Waals surface area contributed by atoms with Crippen LogP contribution in [-0.4, -0.2) is 34.8 Å². The van der Waals surface area contributed by atoms with Crippen LogP contribution in [0, 0.1) is 12.7 Å². The molecule has 6 nitrogen and oxygen atoms in total. The molecule has 0 amide bonds. The first-order valence-electron chi connectivity index (χ1n) is 14.3. The maximum Gasteiger partial charge on any atom is 0.259 e. The molecule has 0 aliphatic rings. The topological polar surface area (TPSA) is 66.7 Å². The molecule has 0 radical (unpaired) electrons. The van der Waals surface area contributed by atoms with Crippen LogP contribution >= 0.6 is 0 Å². The van der Waals surface area contributed by atoms with Crippen molar-refractivity contribution < 1.29 is 13.0 Å². The van der Waals surface area contributed by atoms with Gasteiger partial charge in [0, 0.05) is 44.2 Å². The molecule has 42 heavy (non-hydrogen) atoms. The van der Waals surface area contributed by atoms with Crippen LogP contribution in [0.1, 0.15) is 63.6 Å². The molecule has 1 unspecified atom stereocenters. The summed E-state index contributed by atoms with van der Waals surface area (Å²) in [7, 11) is 0.416. The van der Waals surface area contributed by atoms with Crippen molar-refractivity contribution in [2.45, 2.75) is 64.3 Å². The number of benzene rings is 2. The fraction of sp³-hybridized carbons (Fsp3) is 0.394. The molecular formula is C33H42F2N4O2S. The molecule has 0 aliphatic carbocycles. The van der Waals surface area contributed by atoms with Crippen molar-refractivity contribution in [2.24, 2.45) is 12.0 Å². The van der Waals surface area contributed by atoms with E-state index in [1.165, 1.54) is 24.0 Å². The predicted octanol–water partition coefficient (Wildman–Crippen LogP) is 7.74. The number of pyridine rings is 1. The summed E-state index contributed by atoms with van der Waals surface area (Å²) in [5.74, 6) is 0.0610. The zero-order valence-corrected chi connectivity index (χ0v) is 26.3. The molecule has 3 rings (SSSR count). The normalized spacial score (nSPS) is 13.7. The third-order valence-corrected chi connectivity index (χ3v) is 8.46. The molecule has 3 aromatic rings. The highest BCUT2D eigenvalue weighted by Gasteiger charge is 2.19. The average Bonchev–Trinajstić information content (AvgIpc) is 2.95. The van der Waals surface area contributed by atoms with Crippen molar-refractivity contribution in [3.05, 3.63) is 87.4 Å². The standard InChI is InChI=1S/C33H42F2N4O2S/c1-8-24(12-13-26(35)21-36-5)11-10-16-39(9-2)32-20-28-27(17-22(3)18-29(28)33(40)38(32)6)23(4)37-30-15-14-25(34)19-31(30)42(7)41/h12,14-15,17-21,23,37H,5,8-11,13,16H2,1-4,6-7H3/b24-12?,26-21+/t23-,42?/m1/s1. The van der Waals surface area contributed by atoms with Crippen LogP contribution in [0.2, 0.25) is 0 Å². The molecule has 2 aromatic carbocycles. The Hall–Kier alpha value is -3.59. The first-order valence-corrected chi connectivity index (χ1v) is 15.8. The Morgan fingerprint density at radius 2 is 1.95 bits per heavy atom. The van der Waals surface area contributed by atoms with Crippen LogP contribution in [-0.2, 0) is 17.8 Å². The van der Waals surface area contributed by atoms with E-state index in [1.807, 2.05) is 26.0 Å². The molecule has 1 heterocycles. The van der Waals surface area contributed by atoms with Crippen LogP contribution in [0.15, 0.2) is 74.8 Å². The molecule has 9 heteroatoms. The van der Waals surface area contributed by atoms with Crippen LogP contribution < -0.4 is 15.8 Å². The van der Waals surface area contributed by atoms with Crippen molar-refractivity contribution in [2.75, 3.05) is 29.6 Å². The van der Waals surface area contributed by atoms with Gasteiger partial charge in [-0.2, -0.15) is 0 Å². The molecule has 1 aromatic heterocycles. The van der Waals surface area contributed by atoms with Gasteiger partial charge in [0.25, 0.3) is 5.56 Å². The van der Waals surface area contributed by atoms with Gasteiger partial charge in [-0.25, -0.2) is 8.78 Å².